The summed E-state index contributed by atoms with van der Waals surface area (Å²) in [5.74, 6) is -0.265. The van der Waals surface area contributed by atoms with E-state index in [1.165, 1.54) is 12.8 Å². The minimum Gasteiger partial charge on any atom is -0.479 e. The Hall–Kier alpha value is -1.55. The Balaban J connectivity index is 1.94. The maximum atomic E-state index is 11.1. The molecule has 0 heterocycles. The zero-order chi connectivity index (χ0) is 13.7. The van der Waals surface area contributed by atoms with Gasteiger partial charge in [0.15, 0.2) is 6.10 Å². The molecule has 1 atom stereocenters. The quantitative estimate of drug-likeness (QED) is 0.757. The third-order valence-corrected chi connectivity index (χ3v) is 3.18. The molecule has 0 saturated heterocycles. The summed E-state index contributed by atoms with van der Waals surface area (Å²) in [5.41, 5.74) is 1.13. The minimum absolute atomic E-state index is 0.528. The minimum atomic E-state index is -0.900. The fourth-order valence-corrected chi connectivity index (χ4v) is 1.94. The summed E-state index contributed by atoms with van der Waals surface area (Å²) in [4.78, 5) is 11.1. The van der Waals surface area contributed by atoms with Crippen LogP contribution in [0.5, 0.6) is 5.75 Å². The molecule has 1 aliphatic rings. The zero-order valence-corrected chi connectivity index (χ0v) is 11.3. The number of benzene rings is 1. The Morgan fingerprint density at radius 3 is 2.95 bits per heavy atom. The maximum Gasteiger partial charge on any atom is 0.344 e. The van der Waals surface area contributed by atoms with Gasteiger partial charge in [0.1, 0.15) is 5.75 Å². The molecule has 2 N–H and O–H groups in total. The third kappa shape index (κ3) is 4.56. The molecule has 4 nitrogen and oxygen atoms in total. The molecule has 1 aromatic carbocycles. The van der Waals surface area contributed by atoms with Crippen LogP contribution in [-0.4, -0.2) is 23.2 Å². The van der Waals surface area contributed by atoms with Gasteiger partial charge in [-0.15, -0.1) is 0 Å². The first-order valence-electron chi connectivity index (χ1n) is 6.91. The molecule has 0 amide bonds. The molecular weight excluding hydrogens is 242 g/mol. The highest BCUT2D eigenvalue weighted by Gasteiger charge is 2.20. The van der Waals surface area contributed by atoms with Crippen molar-refractivity contribution < 1.29 is 14.6 Å². The van der Waals surface area contributed by atoms with Gasteiger partial charge in [-0.2, -0.15) is 0 Å². The lowest BCUT2D eigenvalue weighted by molar-refractivity contribution is -0.145. The van der Waals surface area contributed by atoms with E-state index in [1.54, 1.807) is 0 Å². The van der Waals surface area contributed by atoms with Crippen LogP contribution in [0, 0.1) is 0 Å². The average molecular weight is 263 g/mol. The van der Waals surface area contributed by atoms with Crippen molar-refractivity contribution in [3.8, 4) is 5.75 Å². The van der Waals surface area contributed by atoms with Gasteiger partial charge in [0, 0.05) is 12.6 Å². The molecule has 2 rings (SSSR count). The van der Waals surface area contributed by atoms with E-state index >= 15 is 0 Å². The molecule has 1 fully saturated rings. The number of carboxylic acids is 1. The Morgan fingerprint density at radius 1 is 1.53 bits per heavy atom. The van der Waals surface area contributed by atoms with E-state index < -0.39 is 12.1 Å². The summed E-state index contributed by atoms with van der Waals surface area (Å²) >= 11 is 0. The molecule has 4 heteroatoms. The van der Waals surface area contributed by atoms with Crippen LogP contribution in [0.2, 0.25) is 0 Å². The van der Waals surface area contributed by atoms with Gasteiger partial charge in [0.05, 0.1) is 0 Å². The lowest BCUT2D eigenvalue weighted by atomic mass is 10.2. The van der Waals surface area contributed by atoms with Gasteiger partial charge in [-0.3, -0.25) is 0 Å². The molecular formula is C15H21NO3. The Bertz CT molecular complexity index is 429. The van der Waals surface area contributed by atoms with E-state index in [1.807, 2.05) is 31.2 Å². The summed E-state index contributed by atoms with van der Waals surface area (Å²) in [6.07, 6.45) is 3.08. The molecule has 0 aliphatic heterocycles. The van der Waals surface area contributed by atoms with Gasteiger partial charge in [0.25, 0.3) is 0 Å². The summed E-state index contributed by atoms with van der Waals surface area (Å²) in [5, 5.41) is 12.5. The van der Waals surface area contributed by atoms with Crippen LogP contribution in [0.4, 0.5) is 0 Å². The van der Waals surface area contributed by atoms with Gasteiger partial charge in [-0.25, -0.2) is 4.79 Å². The predicted molar refractivity (Wildman–Crippen MR) is 73.3 cm³/mol. The highest BCUT2D eigenvalue weighted by molar-refractivity contribution is 5.72. The number of hydrogen-bond acceptors (Lipinski definition) is 3. The number of carbonyl (C=O) groups is 1. The van der Waals surface area contributed by atoms with Crippen molar-refractivity contribution >= 4 is 5.97 Å². The van der Waals surface area contributed by atoms with Gasteiger partial charge in [-0.1, -0.05) is 25.5 Å². The van der Waals surface area contributed by atoms with Crippen molar-refractivity contribution in [1.82, 2.24) is 5.32 Å². The second-order valence-electron chi connectivity index (χ2n) is 5.04. The smallest absolute Gasteiger partial charge is 0.344 e. The molecule has 1 aliphatic carbocycles. The van der Waals surface area contributed by atoms with E-state index in [0.29, 0.717) is 18.2 Å². The van der Waals surface area contributed by atoms with E-state index in [2.05, 4.69) is 5.32 Å². The monoisotopic (exact) mass is 263 g/mol. The molecule has 104 valence electrons. The van der Waals surface area contributed by atoms with Gasteiger partial charge in [0.2, 0.25) is 0 Å². The summed E-state index contributed by atoms with van der Waals surface area (Å²) in [6.45, 7) is 2.77. The molecule has 0 aromatic heterocycles. The van der Waals surface area contributed by atoms with Crippen LogP contribution < -0.4 is 10.1 Å². The van der Waals surface area contributed by atoms with Crippen molar-refractivity contribution in [2.45, 2.75) is 51.3 Å². The number of hydrogen-bond donors (Lipinski definition) is 2. The normalized spacial score (nSPS) is 16.1. The van der Waals surface area contributed by atoms with E-state index in [0.717, 1.165) is 18.5 Å². The van der Waals surface area contributed by atoms with Crippen LogP contribution in [-0.2, 0) is 11.3 Å². The molecule has 1 aromatic rings. The van der Waals surface area contributed by atoms with Gasteiger partial charge < -0.3 is 15.2 Å². The highest BCUT2D eigenvalue weighted by Crippen LogP contribution is 2.21. The SMILES string of the molecule is CCCC(Oc1cccc(CNC2CC2)c1)C(=O)O. The van der Waals surface area contributed by atoms with Gasteiger partial charge in [-0.05, 0) is 37.0 Å². The van der Waals surface area contributed by atoms with Crippen LogP contribution in [0.15, 0.2) is 24.3 Å². The number of carboxylic acid groups (broad SMARTS) is 1. The lowest BCUT2D eigenvalue weighted by Gasteiger charge is -2.15. The van der Waals surface area contributed by atoms with Crippen molar-refractivity contribution in [3.63, 3.8) is 0 Å². The van der Waals surface area contributed by atoms with E-state index in [4.69, 9.17) is 9.84 Å². The van der Waals surface area contributed by atoms with Gasteiger partial charge >= 0.3 is 5.97 Å². The maximum absolute atomic E-state index is 11.1. The molecule has 1 unspecified atom stereocenters. The van der Waals surface area contributed by atoms with E-state index in [9.17, 15) is 4.79 Å². The van der Waals surface area contributed by atoms with Crippen molar-refractivity contribution in [2.24, 2.45) is 0 Å². The summed E-state index contributed by atoms with van der Waals surface area (Å²) in [6, 6.07) is 8.33. The third-order valence-electron chi connectivity index (χ3n) is 3.18. The molecule has 19 heavy (non-hydrogen) atoms. The topological polar surface area (TPSA) is 58.6 Å². The van der Waals surface area contributed by atoms with Crippen LogP contribution >= 0.6 is 0 Å². The van der Waals surface area contributed by atoms with Crippen molar-refractivity contribution in [1.29, 1.82) is 0 Å². The number of aliphatic carboxylic acids is 1. The predicted octanol–water partition coefficient (Wildman–Crippen LogP) is 2.57. The number of rotatable bonds is 8. The fraction of sp³-hybridized carbons (Fsp3) is 0.533. The molecule has 0 spiro atoms. The first-order valence-corrected chi connectivity index (χ1v) is 6.91. The second-order valence-corrected chi connectivity index (χ2v) is 5.04. The van der Waals surface area contributed by atoms with Crippen molar-refractivity contribution in [2.75, 3.05) is 0 Å². The first-order chi connectivity index (χ1) is 9.19. The highest BCUT2D eigenvalue weighted by atomic mass is 16.5. The standard InChI is InChI=1S/C15H21NO3/c1-2-4-14(15(17)18)19-13-6-3-5-11(9-13)10-16-12-7-8-12/h3,5-6,9,12,14,16H,2,4,7-8,10H2,1H3,(H,17,18). The summed E-state index contributed by atoms with van der Waals surface area (Å²) < 4.78 is 5.55. The molecule has 0 bridgehead atoms. The Morgan fingerprint density at radius 2 is 2.32 bits per heavy atom. The number of ether oxygens (including phenoxy) is 1. The first kappa shape index (κ1) is 13.9. The Labute approximate surface area is 113 Å². The lowest BCUT2D eigenvalue weighted by Crippen LogP contribution is -2.26. The van der Waals surface area contributed by atoms with Crippen LogP contribution in [0.25, 0.3) is 0 Å². The summed E-state index contributed by atoms with van der Waals surface area (Å²) in [7, 11) is 0. The Kier molecular flexibility index (Phi) is 4.80. The number of nitrogens with one attached hydrogen (secondary N) is 1. The average Bonchev–Trinajstić information content (AvgIpc) is 3.20. The van der Waals surface area contributed by atoms with Crippen molar-refractivity contribution in [3.05, 3.63) is 29.8 Å². The zero-order valence-electron chi connectivity index (χ0n) is 11.3. The molecule has 0 radical (unpaired) electrons. The van der Waals surface area contributed by atoms with Crippen LogP contribution in [0.1, 0.15) is 38.2 Å². The van der Waals surface area contributed by atoms with E-state index in [-0.39, 0.29) is 0 Å². The second kappa shape index (κ2) is 6.57. The molecule has 1 saturated carbocycles. The fourth-order valence-electron chi connectivity index (χ4n) is 1.94. The van der Waals surface area contributed by atoms with Crippen LogP contribution in [0.3, 0.4) is 0 Å². The largest absolute Gasteiger partial charge is 0.479 e.